The van der Waals surface area contributed by atoms with Crippen LogP contribution in [0.15, 0.2) is 24.3 Å². The van der Waals surface area contributed by atoms with Gasteiger partial charge < -0.3 is 19.9 Å². The summed E-state index contributed by atoms with van der Waals surface area (Å²) in [6.07, 6.45) is -3.25. The summed E-state index contributed by atoms with van der Waals surface area (Å²) < 4.78 is 47.8. The summed E-state index contributed by atoms with van der Waals surface area (Å²) in [6, 6.07) is 4.75. The summed E-state index contributed by atoms with van der Waals surface area (Å²) in [5, 5.41) is 13.1. The maximum absolute atomic E-state index is 12.4. The van der Waals surface area contributed by atoms with E-state index in [1.807, 2.05) is 0 Å². The summed E-state index contributed by atoms with van der Waals surface area (Å²) in [5.74, 6) is 0.304. The van der Waals surface area contributed by atoms with Crippen LogP contribution in [0.2, 0.25) is 0 Å². The minimum Gasteiger partial charge on any atom is -0.491 e. The van der Waals surface area contributed by atoms with Crippen molar-refractivity contribution in [3.05, 3.63) is 29.8 Å². The first-order chi connectivity index (χ1) is 10.4. The molecule has 2 rings (SSSR count). The highest BCUT2D eigenvalue weighted by atomic mass is 19.4. The van der Waals surface area contributed by atoms with E-state index in [4.69, 9.17) is 9.47 Å². The van der Waals surface area contributed by atoms with Crippen molar-refractivity contribution in [2.75, 3.05) is 26.4 Å². The fourth-order valence-electron chi connectivity index (χ4n) is 2.20. The zero-order valence-corrected chi connectivity index (χ0v) is 12.1. The zero-order valence-electron chi connectivity index (χ0n) is 12.1. The Morgan fingerprint density at radius 3 is 2.45 bits per heavy atom. The molecular weight excluding hydrogens is 299 g/mol. The molecule has 1 unspecified atom stereocenters. The van der Waals surface area contributed by atoms with Gasteiger partial charge in [0.15, 0.2) is 0 Å². The van der Waals surface area contributed by atoms with Crippen LogP contribution in [0.3, 0.4) is 0 Å². The van der Waals surface area contributed by atoms with Crippen LogP contribution in [0.1, 0.15) is 18.4 Å². The molecule has 1 atom stereocenters. The van der Waals surface area contributed by atoms with Crippen LogP contribution in [-0.4, -0.2) is 43.6 Å². The van der Waals surface area contributed by atoms with Gasteiger partial charge in [0, 0.05) is 25.8 Å². The van der Waals surface area contributed by atoms with Crippen molar-refractivity contribution in [3.63, 3.8) is 0 Å². The van der Waals surface area contributed by atoms with Gasteiger partial charge in [-0.2, -0.15) is 13.2 Å². The van der Waals surface area contributed by atoms with Crippen molar-refractivity contribution in [3.8, 4) is 5.75 Å². The molecule has 2 N–H and O–H groups in total. The summed E-state index contributed by atoms with van der Waals surface area (Å²) >= 11 is 0. The van der Waals surface area contributed by atoms with Crippen molar-refractivity contribution < 1.29 is 27.8 Å². The van der Waals surface area contributed by atoms with Crippen molar-refractivity contribution in [2.24, 2.45) is 0 Å². The van der Waals surface area contributed by atoms with Gasteiger partial charge in [0.05, 0.1) is 5.56 Å². The molecule has 0 aliphatic carbocycles. The maximum Gasteiger partial charge on any atom is 0.416 e. The Bertz CT molecular complexity index is 444. The molecule has 0 bridgehead atoms. The van der Waals surface area contributed by atoms with Crippen molar-refractivity contribution >= 4 is 0 Å². The Kier molecular flexibility index (Phi) is 6.05. The number of nitrogens with one attached hydrogen (secondary N) is 1. The molecule has 4 nitrogen and oxygen atoms in total. The third-order valence-corrected chi connectivity index (χ3v) is 3.49. The second-order valence-corrected chi connectivity index (χ2v) is 5.28. The molecule has 0 aromatic heterocycles. The van der Waals surface area contributed by atoms with E-state index in [1.165, 1.54) is 12.1 Å². The Morgan fingerprint density at radius 1 is 1.23 bits per heavy atom. The van der Waals surface area contributed by atoms with E-state index in [0.717, 1.165) is 38.2 Å². The van der Waals surface area contributed by atoms with E-state index in [-0.39, 0.29) is 6.61 Å². The summed E-state index contributed by atoms with van der Waals surface area (Å²) in [6.45, 7) is 1.85. The van der Waals surface area contributed by atoms with Gasteiger partial charge >= 0.3 is 6.18 Å². The lowest BCUT2D eigenvalue weighted by Gasteiger charge is -2.24. The van der Waals surface area contributed by atoms with Crippen LogP contribution >= 0.6 is 0 Å². The van der Waals surface area contributed by atoms with Gasteiger partial charge in [-0.3, -0.25) is 0 Å². The normalized spacial score (nSPS) is 18.2. The fraction of sp³-hybridized carbons (Fsp3) is 0.600. The standard InChI is InChI=1S/C15H20F3NO3/c16-15(17,18)11-1-3-14(4-2-11)22-10-13(20)9-19-12-5-7-21-8-6-12/h1-4,12-13,19-20H,5-10H2. The topological polar surface area (TPSA) is 50.7 Å². The molecule has 22 heavy (non-hydrogen) atoms. The van der Waals surface area contributed by atoms with E-state index < -0.39 is 17.8 Å². The van der Waals surface area contributed by atoms with Gasteiger partial charge in [0.1, 0.15) is 18.5 Å². The molecule has 1 fully saturated rings. The third kappa shape index (κ3) is 5.47. The molecule has 1 aliphatic rings. The van der Waals surface area contributed by atoms with E-state index in [2.05, 4.69) is 5.32 Å². The monoisotopic (exact) mass is 319 g/mol. The van der Waals surface area contributed by atoms with Crippen LogP contribution in [0.4, 0.5) is 13.2 Å². The van der Waals surface area contributed by atoms with Gasteiger partial charge in [0.25, 0.3) is 0 Å². The minimum absolute atomic E-state index is 0.0293. The number of benzene rings is 1. The largest absolute Gasteiger partial charge is 0.491 e. The van der Waals surface area contributed by atoms with Crippen molar-refractivity contribution in [1.82, 2.24) is 5.32 Å². The fourth-order valence-corrected chi connectivity index (χ4v) is 2.20. The van der Waals surface area contributed by atoms with Crippen molar-refractivity contribution in [2.45, 2.75) is 31.2 Å². The van der Waals surface area contributed by atoms with E-state index in [0.29, 0.717) is 18.3 Å². The zero-order chi connectivity index (χ0) is 16.0. The smallest absolute Gasteiger partial charge is 0.416 e. The number of halogens is 3. The number of hydrogen-bond donors (Lipinski definition) is 2. The lowest BCUT2D eigenvalue weighted by Crippen LogP contribution is -2.40. The van der Waals surface area contributed by atoms with Gasteiger partial charge in [-0.1, -0.05) is 0 Å². The number of ether oxygens (including phenoxy) is 2. The van der Waals surface area contributed by atoms with Crippen LogP contribution in [0.5, 0.6) is 5.75 Å². The Morgan fingerprint density at radius 2 is 1.86 bits per heavy atom. The molecule has 1 heterocycles. The molecule has 1 aromatic carbocycles. The quantitative estimate of drug-likeness (QED) is 0.844. The molecule has 0 radical (unpaired) electrons. The van der Waals surface area contributed by atoms with Gasteiger partial charge in [-0.15, -0.1) is 0 Å². The Hall–Kier alpha value is -1.31. The summed E-state index contributed by atoms with van der Waals surface area (Å²) in [5.41, 5.74) is -0.721. The molecule has 1 saturated heterocycles. The molecule has 0 amide bonds. The molecule has 1 aliphatic heterocycles. The van der Waals surface area contributed by atoms with Crippen molar-refractivity contribution in [1.29, 1.82) is 0 Å². The average molecular weight is 319 g/mol. The van der Waals surface area contributed by atoms with Gasteiger partial charge in [-0.25, -0.2) is 0 Å². The summed E-state index contributed by atoms with van der Waals surface area (Å²) in [7, 11) is 0. The SMILES string of the molecule is OC(CNC1CCOCC1)COc1ccc(C(F)(F)F)cc1. The highest BCUT2D eigenvalue weighted by Gasteiger charge is 2.30. The molecule has 124 valence electrons. The van der Waals surface area contributed by atoms with E-state index in [9.17, 15) is 18.3 Å². The predicted molar refractivity (Wildman–Crippen MR) is 74.8 cm³/mol. The molecule has 0 spiro atoms. The molecule has 0 saturated carbocycles. The number of alkyl halides is 3. The summed E-state index contributed by atoms with van der Waals surface area (Å²) in [4.78, 5) is 0. The van der Waals surface area contributed by atoms with Crippen LogP contribution in [0.25, 0.3) is 0 Å². The minimum atomic E-state index is -4.36. The molecule has 1 aromatic rings. The highest BCUT2D eigenvalue weighted by molar-refractivity contribution is 5.28. The second kappa shape index (κ2) is 7.80. The van der Waals surface area contributed by atoms with E-state index in [1.54, 1.807) is 0 Å². The van der Waals surface area contributed by atoms with Gasteiger partial charge in [0.2, 0.25) is 0 Å². The molecule has 7 heteroatoms. The first-order valence-corrected chi connectivity index (χ1v) is 7.24. The average Bonchev–Trinajstić information content (AvgIpc) is 2.51. The lowest BCUT2D eigenvalue weighted by molar-refractivity contribution is -0.137. The van der Waals surface area contributed by atoms with Crippen LogP contribution in [0, 0.1) is 0 Å². The number of rotatable bonds is 6. The van der Waals surface area contributed by atoms with Crippen LogP contribution < -0.4 is 10.1 Å². The first-order valence-electron chi connectivity index (χ1n) is 7.24. The number of aliphatic hydroxyl groups excluding tert-OH is 1. The molecular formula is C15H20F3NO3. The van der Waals surface area contributed by atoms with E-state index >= 15 is 0 Å². The maximum atomic E-state index is 12.4. The van der Waals surface area contributed by atoms with Gasteiger partial charge in [-0.05, 0) is 37.1 Å². The third-order valence-electron chi connectivity index (χ3n) is 3.49. The second-order valence-electron chi connectivity index (χ2n) is 5.28. The Balaban J connectivity index is 1.70. The first kappa shape index (κ1) is 17.1. The number of aliphatic hydroxyl groups is 1. The number of hydrogen-bond acceptors (Lipinski definition) is 4. The predicted octanol–water partition coefficient (Wildman–Crippen LogP) is 2.21. The lowest BCUT2D eigenvalue weighted by atomic mass is 10.1. The Labute approximate surface area is 127 Å². The van der Waals surface area contributed by atoms with Crippen LogP contribution in [-0.2, 0) is 10.9 Å². The highest BCUT2D eigenvalue weighted by Crippen LogP contribution is 2.30.